The molecule has 0 bridgehead atoms. The molecule has 4 nitrogen and oxygen atoms in total. The summed E-state index contributed by atoms with van der Waals surface area (Å²) in [4.78, 5) is 11.9. The lowest BCUT2D eigenvalue weighted by molar-refractivity contribution is -0.137. The van der Waals surface area contributed by atoms with Crippen LogP contribution in [0.4, 0.5) is 18.9 Å². The van der Waals surface area contributed by atoms with Crippen LogP contribution in [0.1, 0.15) is 39.2 Å². The molecule has 0 radical (unpaired) electrons. The van der Waals surface area contributed by atoms with Gasteiger partial charge < -0.3 is 15.4 Å². The Kier molecular flexibility index (Phi) is 8.21. The quantitative estimate of drug-likeness (QED) is 0.668. The third kappa shape index (κ3) is 7.79. The van der Waals surface area contributed by atoms with E-state index < -0.39 is 17.6 Å². The molecule has 24 heavy (non-hydrogen) atoms. The zero-order chi connectivity index (χ0) is 18.2. The van der Waals surface area contributed by atoms with Gasteiger partial charge in [-0.2, -0.15) is 13.2 Å². The third-order valence-electron chi connectivity index (χ3n) is 3.26. The van der Waals surface area contributed by atoms with Crippen molar-refractivity contribution in [2.45, 2.75) is 51.9 Å². The number of alkyl halides is 3. The van der Waals surface area contributed by atoms with Gasteiger partial charge in [0.15, 0.2) is 0 Å². The van der Waals surface area contributed by atoms with Gasteiger partial charge in [-0.3, -0.25) is 4.79 Å². The van der Waals surface area contributed by atoms with E-state index in [0.717, 1.165) is 12.5 Å². The first-order chi connectivity index (χ1) is 11.2. The molecular formula is C17H25F3N2O2. The van der Waals surface area contributed by atoms with E-state index >= 15 is 0 Å². The van der Waals surface area contributed by atoms with Gasteiger partial charge in [0.1, 0.15) is 0 Å². The predicted octanol–water partition coefficient (Wildman–Crippen LogP) is 3.83. The number of nitrogens with one attached hydrogen (secondary N) is 2. The fourth-order valence-electron chi connectivity index (χ4n) is 2.13. The van der Waals surface area contributed by atoms with Crippen LogP contribution < -0.4 is 10.6 Å². The molecule has 0 aliphatic rings. The van der Waals surface area contributed by atoms with Crippen molar-refractivity contribution in [1.82, 2.24) is 5.32 Å². The van der Waals surface area contributed by atoms with Crippen molar-refractivity contribution in [2.24, 2.45) is 0 Å². The van der Waals surface area contributed by atoms with E-state index in [-0.39, 0.29) is 24.3 Å². The summed E-state index contributed by atoms with van der Waals surface area (Å²) in [6.45, 7) is 7.04. The highest BCUT2D eigenvalue weighted by atomic mass is 19.4. The topological polar surface area (TPSA) is 50.4 Å². The third-order valence-corrected chi connectivity index (χ3v) is 3.26. The monoisotopic (exact) mass is 346 g/mol. The van der Waals surface area contributed by atoms with Gasteiger partial charge in [0.2, 0.25) is 5.91 Å². The summed E-state index contributed by atoms with van der Waals surface area (Å²) >= 11 is 0. The lowest BCUT2D eigenvalue weighted by Crippen LogP contribution is -2.32. The Morgan fingerprint density at radius 3 is 2.50 bits per heavy atom. The minimum atomic E-state index is -4.50. The number of carbonyl (C=O) groups excluding carboxylic acids is 1. The maximum absolute atomic E-state index is 12.9. The van der Waals surface area contributed by atoms with Crippen LogP contribution in [0.3, 0.4) is 0 Å². The highest BCUT2D eigenvalue weighted by Crippen LogP contribution is 2.34. The number of benzene rings is 1. The van der Waals surface area contributed by atoms with Crippen molar-refractivity contribution < 1.29 is 22.7 Å². The molecule has 1 atom stereocenters. The minimum absolute atomic E-state index is 0.0945. The molecule has 0 aliphatic carbocycles. The van der Waals surface area contributed by atoms with Crippen molar-refractivity contribution in [1.29, 1.82) is 0 Å². The molecule has 1 unspecified atom stereocenters. The van der Waals surface area contributed by atoms with Gasteiger partial charge in [-0.05, 0) is 45.9 Å². The number of ether oxygens (including phenoxy) is 1. The Morgan fingerprint density at radius 1 is 1.21 bits per heavy atom. The first kappa shape index (κ1) is 20.4. The van der Waals surface area contributed by atoms with Gasteiger partial charge in [0.25, 0.3) is 0 Å². The molecule has 0 heterocycles. The second-order valence-electron chi connectivity index (χ2n) is 5.92. The fourth-order valence-corrected chi connectivity index (χ4v) is 2.13. The molecule has 0 aliphatic heterocycles. The summed E-state index contributed by atoms with van der Waals surface area (Å²) in [6.07, 6.45) is -3.41. The second-order valence-corrected chi connectivity index (χ2v) is 5.92. The largest absolute Gasteiger partial charge is 0.418 e. The summed E-state index contributed by atoms with van der Waals surface area (Å²) in [5, 5.41) is 5.50. The van der Waals surface area contributed by atoms with E-state index in [0.29, 0.717) is 13.2 Å². The summed E-state index contributed by atoms with van der Waals surface area (Å²) in [6, 6.07) is 4.82. The minimum Gasteiger partial charge on any atom is -0.379 e. The van der Waals surface area contributed by atoms with Crippen LogP contribution in [-0.2, 0) is 15.7 Å². The van der Waals surface area contributed by atoms with Crippen LogP contribution >= 0.6 is 0 Å². The summed E-state index contributed by atoms with van der Waals surface area (Å²) < 4.78 is 44.0. The maximum atomic E-state index is 12.9. The van der Waals surface area contributed by atoms with Crippen molar-refractivity contribution in [2.75, 3.05) is 18.5 Å². The second kappa shape index (κ2) is 9.64. The predicted molar refractivity (Wildman–Crippen MR) is 87.9 cm³/mol. The number of hydrogen-bond donors (Lipinski definition) is 2. The van der Waals surface area contributed by atoms with Crippen molar-refractivity contribution >= 4 is 11.6 Å². The zero-order valence-electron chi connectivity index (χ0n) is 14.2. The average molecular weight is 346 g/mol. The molecule has 0 saturated heterocycles. The molecule has 2 N–H and O–H groups in total. The van der Waals surface area contributed by atoms with E-state index in [2.05, 4.69) is 10.6 Å². The average Bonchev–Trinajstić information content (AvgIpc) is 2.45. The Labute approximate surface area is 140 Å². The zero-order valence-corrected chi connectivity index (χ0v) is 14.2. The molecule has 0 saturated carbocycles. The number of anilines is 1. The van der Waals surface area contributed by atoms with Gasteiger partial charge >= 0.3 is 6.18 Å². The van der Waals surface area contributed by atoms with Crippen molar-refractivity contribution in [3.05, 3.63) is 29.8 Å². The highest BCUT2D eigenvalue weighted by molar-refractivity contribution is 5.92. The van der Waals surface area contributed by atoms with Crippen molar-refractivity contribution in [3.8, 4) is 0 Å². The standard InChI is InChI=1S/C17H25F3N2O2/c1-12(2)24-10-6-9-21-13(3)11-16(23)22-15-8-5-4-7-14(15)17(18,19)20/h4-5,7-8,12-13,21H,6,9-11H2,1-3H3,(H,22,23). The Balaban J connectivity index is 2.41. The Morgan fingerprint density at radius 2 is 1.88 bits per heavy atom. The number of rotatable bonds is 9. The molecule has 1 rings (SSSR count). The number of hydrogen-bond acceptors (Lipinski definition) is 3. The van der Waals surface area contributed by atoms with Crippen LogP contribution in [0.15, 0.2) is 24.3 Å². The summed E-state index contributed by atoms with van der Waals surface area (Å²) in [7, 11) is 0. The molecule has 1 aromatic carbocycles. The van der Waals surface area contributed by atoms with Crippen LogP contribution in [-0.4, -0.2) is 31.2 Å². The SMILES string of the molecule is CC(CC(=O)Nc1ccccc1C(F)(F)F)NCCCOC(C)C. The molecule has 136 valence electrons. The lowest BCUT2D eigenvalue weighted by atomic mass is 10.1. The Bertz CT molecular complexity index is 519. The smallest absolute Gasteiger partial charge is 0.379 e. The number of para-hydroxylation sites is 1. The molecule has 0 fully saturated rings. The van der Waals surface area contributed by atoms with Gasteiger partial charge in [-0.15, -0.1) is 0 Å². The van der Waals surface area contributed by atoms with Gasteiger partial charge in [0, 0.05) is 19.1 Å². The first-order valence-electron chi connectivity index (χ1n) is 8.01. The van der Waals surface area contributed by atoms with E-state index in [4.69, 9.17) is 4.74 Å². The normalized spacial score (nSPS) is 13.1. The maximum Gasteiger partial charge on any atom is 0.418 e. The number of amides is 1. The first-order valence-corrected chi connectivity index (χ1v) is 8.01. The molecule has 0 aromatic heterocycles. The van der Waals surface area contributed by atoms with Crippen LogP contribution in [0.5, 0.6) is 0 Å². The van der Waals surface area contributed by atoms with Crippen LogP contribution in [0, 0.1) is 0 Å². The number of halogens is 3. The molecule has 1 aromatic rings. The molecule has 1 amide bonds. The van der Waals surface area contributed by atoms with E-state index in [1.165, 1.54) is 18.2 Å². The van der Waals surface area contributed by atoms with Gasteiger partial charge in [-0.25, -0.2) is 0 Å². The van der Waals surface area contributed by atoms with E-state index in [1.807, 2.05) is 20.8 Å². The van der Waals surface area contributed by atoms with E-state index in [1.54, 1.807) is 0 Å². The summed E-state index contributed by atoms with van der Waals surface area (Å²) in [5.74, 6) is -0.454. The van der Waals surface area contributed by atoms with E-state index in [9.17, 15) is 18.0 Å². The van der Waals surface area contributed by atoms with Gasteiger partial charge in [-0.1, -0.05) is 12.1 Å². The number of carbonyl (C=O) groups is 1. The van der Waals surface area contributed by atoms with Crippen LogP contribution in [0.2, 0.25) is 0 Å². The summed E-state index contributed by atoms with van der Waals surface area (Å²) in [5.41, 5.74) is -1.06. The lowest BCUT2D eigenvalue weighted by Gasteiger charge is -2.16. The molecular weight excluding hydrogens is 321 g/mol. The highest BCUT2D eigenvalue weighted by Gasteiger charge is 2.33. The molecule has 0 spiro atoms. The molecule has 7 heteroatoms. The fraction of sp³-hybridized carbons (Fsp3) is 0.588. The van der Waals surface area contributed by atoms with Crippen molar-refractivity contribution in [3.63, 3.8) is 0 Å². The Hall–Kier alpha value is -1.60. The van der Waals surface area contributed by atoms with Gasteiger partial charge in [0.05, 0.1) is 17.4 Å². The van der Waals surface area contributed by atoms with Crippen LogP contribution in [0.25, 0.3) is 0 Å².